The molecule has 20 heavy (non-hydrogen) atoms. The minimum absolute atomic E-state index is 0.0865. The van der Waals surface area contributed by atoms with Gasteiger partial charge in [0.15, 0.2) is 6.61 Å². The average Bonchev–Trinajstić information content (AvgIpc) is 2.37. The molecular formula is C13H17ClN2O4. The number of halogens is 1. The van der Waals surface area contributed by atoms with Crippen LogP contribution in [-0.2, 0) is 4.79 Å². The van der Waals surface area contributed by atoms with Crippen LogP contribution in [0, 0.1) is 10.1 Å². The Bertz CT molecular complexity index is 493. The minimum atomic E-state index is -0.547. The standard InChI is InChI=1S/C13H17ClN2O4/c1-3-4-9(2)15-13(17)8-20-12-6-5-10(16(18)19)7-11(12)14/h5-7,9H,3-4,8H2,1-2H3,(H,15,17)/t9-/m0/s1. The first kappa shape index (κ1) is 16.2. The second kappa shape index (κ2) is 7.69. The summed E-state index contributed by atoms with van der Waals surface area (Å²) >= 11 is 5.85. The van der Waals surface area contributed by atoms with Crippen LogP contribution in [0.1, 0.15) is 26.7 Å². The normalized spacial score (nSPS) is 11.8. The van der Waals surface area contributed by atoms with E-state index in [1.807, 2.05) is 13.8 Å². The maximum atomic E-state index is 11.6. The van der Waals surface area contributed by atoms with E-state index >= 15 is 0 Å². The zero-order valence-corrected chi connectivity index (χ0v) is 12.1. The van der Waals surface area contributed by atoms with Gasteiger partial charge in [-0.1, -0.05) is 24.9 Å². The monoisotopic (exact) mass is 300 g/mol. The van der Waals surface area contributed by atoms with Crippen LogP contribution in [-0.4, -0.2) is 23.5 Å². The Balaban J connectivity index is 2.53. The molecule has 110 valence electrons. The van der Waals surface area contributed by atoms with Crippen LogP contribution < -0.4 is 10.1 Å². The molecule has 1 atom stereocenters. The fourth-order valence-corrected chi connectivity index (χ4v) is 1.91. The van der Waals surface area contributed by atoms with Gasteiger partial charge in [-0.3, -0.25) is 14.9 Å². The number of hydrogen-bond donors (Lipinski definition) is 1. The zero-order chi connectivity index (χ0) is 15.1. The van der Waals surface area contributed by atoms with Crippen LogP contribution in [0.5, 0.6) is 5.75 Å². The van der Waals surface area contributed by atoms with Crippen molar-refractivity contribution in [2.75, 3.05) is 6.61 Å². The van der Waals surface area contributed by atoms with Crippen molar-refractivity contribution < 1.29 is 14.5 Å². The van der Waals surface area contributed by atoms with Gasteiger partial charge in [0.05, 0.1) is 9.95 Å². The lowest BCUT2D eigenvalue weighted by Crippen LogP contribution is -2.35. The molecule has 1 rings (SSSR count). The Labute approximate surface area is 122 Å². The number of rotatable bonds is 7. The van der Waals surface area contributed by atoms with Gasteiger partial charge in [-0.15, -0.1) is 0 Å². The summed E-state index contributed by atoms with van der Waals surface area (Å²) in [6, 6.07) is 3.93. The smallest absolute Gasteiger partial charge is 0.271 e. The second-order valence-electron chi connectivity index (χ2n) is 4.42. The molecule has 0 aromatic heterocycles. The van der Waals surface area contributed by atoms with Gasteiger partial charge in [-0.2, -0.15) is 0 Å². The molecule has 1 aromatic carbocycles. The maximum absolute atomic E-state index is 11.6. The molecule has 0 aliphatic carbocycles. The number of ether oxygens (including phenoxy) is 1. The molecule has 0 radical (unpaired) electrons. The van der Waals surface area contributed by atoms with Gasteiger partial charge < -0.3 is 10.1 Å². The number of carbonyl (C=O) groups is 1. The Kier molecular flexibility index (Phi) is 6.24. The summed E-state index contributed by atoms with van der Waals surface area (Å²) in [6.45, 7) is 3.78. The van der Waals surface area contributed by atoms with Crippen molar-refractivity contribution in [1.82, 2.24) is 5.32 Å². The van der Waals surface area contributed by atoms with Crippen LogP contribution in [0.2, 0.25) is 5.02 Å². The molecule has 0 fully saturated rings. The van der Waals surface area contributed by atoms with Crippen molar-refractivity contribution in [1.29, 1.82) is 0 Å². The highest BCUT2D eigenvalue weighted by atomic mass is 35.5. The van der Waals surface area contributed by atoms with E-state index in [2.05, 4.69) is 5.32 Å². The first-order valence-corrected chi connectivity index (χ1v) is 6.68. The summed E-state index contributed by atoms with van der Waals surface area (Å²) in [6.07, 6.45) is 1.88. The SMILES string of the molecule is CCC[C@H](C)NC(=O)COc1ccc([N+](=O)[O-])cc1Cl. The van der Waals surface area contributed by atoms with E-state index in [0.29, 0.717) is 0 Å². The Morgan fingerprint density at radius 2 is 2.25 bits per heavy atom. The highest BCUT2D eigenvalue weighted by molar-refractivity contribution is 6.32. The molecule has 1 amide bonds. The largest absolute Gasteiger partial charge is 0.482 e. The van der Waals surface area contributed by atoms with Crippen molar-refractivity contribution in [2.24, 2.45) is 0 Å². The molecule has 1 aromatic rings. The van der Waals surface area contributed by atoms with Gasteiger partial charge in [0.1, 0.15) is 5.75 Å². The van der Waals surface area contributed by atoms with Crippen LogP contribution in [0.3, 0.4) is 0 Å². The van der Waals surface area contributed by atoms with Gasteiger partial charge in [-0.25, -0.2) is 0 Å². The van der Waals surface area contributed by atoms with Crippen molar-refractivity contribution >= 4 is 23.2 Å². The third-order valence-corrected chi connectivity index (χ3v) is 2.91. The number of hydrogen-bond acceptors (Lipinski definition) is 4. The van der Waals surface area contributed by atoms with E-state index in [9.17, 15) is 14.9 Å². The lowest BCUT2D eigenvalue weighted by atomic mass is 10.2. The number of nitrogens with one attached hydrogen (secondary N) is 1. The van der Waals surface area contributed by atoms with Crippen LogP contribution in [0.15, 0.2) is 18.2 Å². The molecule has 1 N–H and O–H groups in total. The minimum Gasteiger partial charge on any atom is -0.482 e. The molecular weight excluding hydrogens is 284 g/mol. The highest BCUT2D eigenvalue weighted by Crippen LogP contribution is 2.28. The van der Waals surface area contributed by atoms with Crippen LogP contribution >= 0.6 is 11.6 Å². The Hall–Kier alpha value is -1.82. The summed E-state index contributed by atoms with van der Waals surface area (Å²) < 4.78 is 5.25. The molecule has 0 aliphatic heterocycles. The predicted octanol–water partition coefficient (Wildman–Crippen LogP) is 2.93. The van der Waals surface area contributed by atoms with Crippen molar-refractivity contribution in [3.8, 4) is 5.75 Å². The number of amides is 1. The quantitative estimate of drug-likeness (QED) is 0.620. The second-order valence-corrected chi connectivity index (χ2v) is 4.82. The molecule has 0 heterocycles. The van der Waals surface area contributed by atoms with E-state index in [1.165, 1.54) is 18.2 Å². The van der Waals surface area contributed by atoms with Gasteiger partial charge in [0.25, 0.3) is 11.6 Å². The highest BCUT2D eigenvalue weighted by Gasteiger charge is 2.12. The number of nitro groups is 1. The molecule has 0 aliphatic rings. The van der Waals surface area contributed by atoms with Gasteiger partial charge in [0.2, 0.25) is 0 Å². The number of carbonyl (C=O) groups excluding carboxylic acids is 1. The van der Waals surface area contributed by atoms with E-state index in [0.717, 1.165) is 12.8 Å². The summed E-state index contributed by atoms with van der Waals surface area (Å²) in [7, 11) is 0. The maximum Gasteiger partial charge on any atom is 0.271 e. The topological polar surface area (TPSA) is 81.5 Å². The molecule has 0 bridgehead atoms. The molecule has 0 unspecified atom stereocenters. The number of nitrogens with zero attached hydrogens (tertiary/aromatic N) is 1. The molecule has 7 heteroatoms. The lowest BCUT2D eigenvalue weighted by molar-refractivity contribution is -0.384. The summed E-state index contributed by atoms with van der Waals surface area (Å²) in [4.78, 5) is 21.6. The number of nitro benzene ring substituents is 1. The fraction of sp³-hybridized carbons (Fsp3) is 0.462. The van der Waals surface area contributed by atoms with Crippen LogP contribution in [0.25, 0.3) is 0 Å². The predicted molar refractivity (Wildman–Crippen MR) is 76.1 cm³/mol. The Morgan fingerprint density at radius 3 is 2.80 bits per heavy atom. The first-order valence-electron chi connectivity index (χ1n) is 6.30. The average molecular weight is 301 g/mol. The third kappa shape index (κ3) is 5.05. The fourth-order valence-electron chi connectivity index (χ4n) is 1.69. The third-order valence-electron chi connectivity index (χ3n) is 2.61. The summed E-state index contributed by atoms with van der Waals surface area (Å²) in [5, 5.41) is 13.4. The van der Waals surface area contributed by atoms with E-state index in [4.69, 9.17) is 16.3 Å². The van der Waals surface area contributed by atoms with Crippen LogP contribution in [0.4, 0.5) is 5.69 Å². The van der Waals surface area contributed by atoms with E-state index in [-0.39, 0.29) is 35.0 Å². The molecule has 6 nitrogen and oxygen atoms in total. The summed E-state index contributed by atoms with van der Waals surface area (Å²) in [5.74, 6) is -0.00377. The van der Waals surface area contributed by atoms with Crippen molar-refractivity contribution in [2.45, 2.75) is 32.7 Å². The molecule has 0 saturated carbocycles. The van der Waals surface area contributed by atoms with E-state index < -0.39 is 4.92 Å². The van der Waals surface area contributed by atoms with Crippen molar-refractivity contribution in [3.05, 3.63) is 33.3 Å². The molecule has 0 spiro atoms. The zero-order valence-electron chi connectivity index (χ0n) is 11.4. The van der Waals surface area contributed by atoms with Gasteiger partial charge in [-0.05, 0) is 19.4 Å². The summed E-state index contributed by atoms with van der Waals surface area (Å²) in [5.41, 5.74) is -0.122. The van der Waals surface area contributed by atoms with Crippen molar-refractivity contribution in [3.63, 3.8) is 0 Å². The first-order chi connectivity index (χ1) is 9.43. The molecule has 0 saturated heterocycles. The Morgan fingerprint density at radius 1 is 1.55 bits per heavy atom. The number of benzene rings is 1. The lowest BCUT2D eigenvalue weighted by Gasteiger charge is -2.13. The number of non-ortho nitro benzene ring substituents is 1. The van der Waals surface area contributed by atoms with E-state index in [1.54, 1.807) is 0 Å². The van der Waals surface area contributed by atoms with Gasteiger partial charge >= 0.3 is 0 Å². The van der Waals surface area contributed by atoms with Gasteiger partial charge in [0, 0.05) is 18.2 Å².